The number of aromatic nitrogens is 2. The number of aromatic carboxylic acids is 1. The molecule has 0 spiro atoms. The van der Waals surface area contributed by atoms with Gasteiger partial charge < -0.3 is 9.51 Å². The Bertz CT molecular complexity index is 758. The fraction of sp³-hybridized carbons (Fsp3) is 0.143. The maximum Gasteiger partial charge on any atom is 0.337 e. The summed E-state index contributed by atoms with van der Waals surface area (Å²) in [7, 11) is 0. The first-order chi connectivity index (χ1) is 9.20. The number of nitrogens with zero attached hydrogens (tertiary/aromatic N) is 2. The summed E-state index contributed by atoms with van der Waals surface area (Å²) in [5, 5.41) is 12.3. The van der Waals surface area contributed by atoms with Crippen molar-refractivity contribution >= 4 is 22.8 Å². The van der Waals surface area contributed by atoms with Crippen molar-refractivity contribution in [3.63, 3.8) is 0 Å². The molecule has 1 N–H and O–H groups in total. The number of carbonyl (C=O) groups is 1. The van der Waals surface area contributed by atoms with Gasteiger partial charge in [-0.2, -0.15) is 0 Å². The highest BCUT2D eigenvalue weighted by atomic mass is 32.1. The lowest BCUT2D eigenvalue weighted by atomic mass is 10.2. The number of hydrogen-bond acceptors (Lipinski definition) is 3. The third-order valence-electron chi connectivity index (χ3n) is 3.02. The van der Waals surface area contributed by atoms with Crippen molar-refractivity contribution in [2.45, 2.75) is 13.3 Å². The molecule has 0 fully saturated rings. The van der Waals surface area contributed by atoms with Gasteiger partial charge in [0.05, 0.1) is 27.5 Å². The zero-order valence-corrected chi connectivity index (χ0v) is 11.1. The lowest BCUT2D eigenvalue weighted by molar-refractivity contribution is 0.0699. The molecule has 0 amide bonds. The van der Waals surface area contributed by atoms with Gasteiger partial charge in [-0.1, -0.05) is 13.0 Å². The highest BCUT2D eigenvalue weighted by Crippen LogP contribution is 2.27. The van der Waals surface area contributed by atoms with Gasteiger partial charge in [0, 0.05) is 11.6 Å². The molecule has 3 aromatic heterocycles. The molecule has 3 rings (SSSR count). The van der Waals surface area contributed by atoms with Crippen LogP contribution in [0, 0.1) is 0 Å². The minimum atomic E-state index is -0.916. The third-order valence-corrected chi connectivity index (χ3v) is 4.02. The highest BCUT2D eigenvalue weighted by molar-refractivity contribution is 7.09. The van der Waals surface area contributed by atoms with Gasteiger partial charge in [-0.05, 0) is 24.6 Å². The molecule has 0 saturated heterocycles. The van der Waals surface area contributed by atoms with E-state index in [-0.39, 0.29) is 0 Å². The smallest absolute Gasteiger partial charge is 0.337 e. The lowest BCUT2D eigenvalue weighted by Crippen LogP contribution is -1.94. The molecule has 0 atom stereocenters. The van der Waals surface area contributed by atoms with Gasteiger partial charge in [0.15, 0.2) is 0 Å². The summed E-state index contributed by atoms with van der Waals surface area (Å²) in [6, 6.07) is 7.21. The normalized spacial score (nSPS) is 11.0. The minimum Gasteiger partial charge on any atom is -0.478 e. The SMILES string of the molecule is CCc1nc(-c2cc(C(=O)O)c3ccccn23)cs1. The van der Waals surface area contributed by atoms with Crippen molar-refractivity contribution in [2.24, 2.45) is 0 Å². The molecule has 0 aliphatic rings. The van der Waals surface area contributed by atoms with Crippen LogP contribution >= 0.6 is 11.3 Å². The van der Waals surface area contributed by atoms with Crippen LogP contribution in [-0.2, 0) is 6.42 Å². The van der Waals surface area contributed by atoms with Crippen molar-refractivity contribution in [2.75, 3.05) is 0 Å². The Morgan fingerprint density at radius 3 is 3.00 bits per heavy atom. The van der Waals surface area contributed by atoms with E-state index < -0.39 is 5.97 Å². The van der Waals surface area contributed by atoms with Gasteiger partial charge in [0.2, 0.25) is 0 Å². The molecule has 19 heavy (non-hydrogen) atoms. The Morgan fingerprint density at radius 1 is 1.47 bits per heavy atom. The maximum absolute atomic E-state index is 11.3. The Morgan fingerprint density at radius 2 is 2.32 bits per heavy atom. The van der Waals surface area contributed by atoms with Crippen molar-refractivity contribution in [1.29, 1.82) is 0 Å². The molecule has 96 valence electrons. The number of hydrogen-bond donors (Lipinski definition) is 1. The molecular formula is C14H12N2O2S. The number of rotatable bonds is 3. The van der Waals surface area contributed by atoms with E-state index in [9.17, 15) is 9.90 Å². The second-order valence-electron chi connectivity index (χ2n) is 4.18. The van der Waals surface area contributed by atoms with Crippen LogP contribution in [0.25, 0.3) is 16.9 Å². The summed E-state index contributed by atoms with van der Waals surface area (Å²) in [6.07, 6.45) is 2.75. The van der Waals surface area contributed by atoms with Gasteiger partial charge in [-0.3, -0.25) is 0 Å². The molecule has 3 aromatic rings. The van der Waals surface area contributed by atoms with Crippen LogP contribution in [0.2, 0.25) is 0 Å². The lowest BCUT2D eigenvalue weighted by Gasteiger charge is -1.98. The van der Waals surface area contributed by atoms with E-state index in [0.29, 0.717) is 11.1 Å². The summed E-state index contributed by atoms with van der Waals surface area (Å²) in [5.41, 5.74) is 2.65. The minimum absolute atomic E-state index is 0.307. The fourth-order valence-corrected chi connectivity index (χ4v) is 2.85. The molecule has 4 nitrogen and oxygen atoms in total. The summed E-state index contributed by atoms with van der Waals surface area (Å²) < 4.78 is 1.87. The van der Waals surface area contributed by atoms with Crippen LogP contribution in [0.5, 0.6) is 0 Å². The second kappa shape index (κ2) is 4.51. The number of thiazole rings is 1. The number of aryl methyl sites for hydroxylation is 1. The van der Waals surface area contributed by atoms with Crippen molar-refractivity contribution in [3.05, 3.63) is 46.4 Å². The first-order valence-corrected chi connectivity index (χ1v) is 6.87. The van der Waals surface area contributed by atoms with Gasteiger partial charge >= 0.3 is 5.97 Å². The zero-order chi connectivity index (χ0) is 13.4. The number of pyridine rings is 1. The number of carboxylic acid groups (broad SMARTS) is 1. The first kappa shape index (κ1) is 11.9. The van der Waals surface area contributed by atoms with Gasteiger partial charge in [-0.15, -0.1) is 11.3 Å². The van der Waals surface area contributed by atoms with Gasteiger partial charge in [-0.25, -0.2) is 9.78 Å². The van der Waals surface area contributed by atoms with Gasteiger partial charge in [0.25, 0.3) is 0 Å². The molecule has 0 bridgehead atoms. The largest absolute Gasteiger partial charge is 0.478 e. The third kappa shape index (κ3) is 1.92. The maximum atomic E-state index is 11.3. The topological polar surface area (TPSA) is 54.6 Å². The van der Waals surface area contributed by atoms with Crippen LogP contribution < -0.4 is 0 Å². The summed E-state index contributed by atoms with van der Waals surface area (Å²) >= 11 is 1.60. The summed E-state index contributed by atoms with van der Waals surface area (Å²) in [4.78, 5) is 15.8. The predicted octanol–water partition coefficient (Wildman–Crippen LogP) is 3.32. The molecule has 3 heterocycles. The Kier molecular flexibility index (Phi) is 2.83. The number of carboxylic acids is 1. The fourth-order valence-electron chi connectivity index (χ4n) is 2.11. The van der Waals surface area contributed by atoms with E-state index in [0.717, 1.165) is 22.8 Å². The molecule has 0 radical (unpaired) electrons. The van der Waals surface area contributed by atoms with Crippen LogP contribution in [0.15, 0.2) is 35.8 Å². The average Bonchev–Trinajstić information content (AvgIpc) is 3.02. The molecule has 0 aliphatic heterocycles. The standard InChI is InChI=1S/C14H12N2O2S/c1-2-13-15-10(8-19-13)12-7-9(14(17)18)11-5-3-4-6-16(11)12/h3-8H,2H2,1H3,(H,17,18). The average molecular weight is 272 g/mol. The summed E-state index contributed by atoms with van der Waals surface area (Å²) in [5.74, 6) is -0.916. The van der Waals surface area contributed by atoms with Crippen molar-refractivity contribution in [1.82, 2.24) is 9.38 Å². The second-order valence-corrected chi connectivity index (χ2v) is 5.13. The molecule has 0 saturated carbocycles. The van der Waals surface area contributed by atoms with E-state index >= 15 is 0 Å². The van der Waals surface area contributed by atoms with Crippen molar-refractivity contribution in [3.8, 4) is 11.4 Å². The highest BCUT2D eigenvalue weighted by Gasteiger charge is 2.16. The van der Waals surface area contributed by atoms with Crippen LogP contribution in [0.4, 0.5) is 0 Å². The van der Waals surface area contributed by atoms with E-state index in [4.69, 9.17) is 0 Å². The molecule has 5 heteroatoms. The van der Waals surface area contributed by atoms with E-state index in [1.54, 1.807) is 23.5 Å². The molecular weight excluding hydrogens is 260 g/mol. The van der Waals surface area contributed by atoms with Crippen LogP contribution in [0.1, 0.15) is 22.3 Å². The van der Waals surface area contributed by atoms with Crippen molar-refractivity contribution < 1.29 is 9.90 Å². The predicted molar refractivity (Wildman–Crippen MR) is 74.8 cm³/mol. The summed E-state index contributed by atoms with van der Waals surface area (Å²) in [6.45, 7) is 2.06. The van der Waals surface area contributed by atoms with Crippen LogP contribution in [-0.4, -0.2) is 20.5 Å². The van der Waals surface area contributed by atoms with E-state index in [1.165, 1.54) is 0 Å². The quantitative estimate of drug-likeness (QED) is 0.795. The van der Waals surface area contributed by atoms with Crippen LogP contribution in [0.3, 0.4) is 0 Å². The Balaban J connectivity index is 2.26. The Labute approximate surface area is 114 Å². The van der Waals surface area contributed by atoms with E-state index in [1.807, 2.05) is 28.1 Å². The monoisotopic (exact) mass is 272 g/mol. The Hall–Kier alpha value is -2.14. The first-order valence-electron chi connectivity index (χ1n) is 5.99. The molecule has 0 aromatic carbocycles. The van der Waals surface area contributed by atoms with Gasteiger partial charge in [0.1, 0.15) is 0 Å². The number of fused-ring (bicyclic) bond motifs is 1. The molecule has 0 aliphatic carbocycles. The van der Waals surface area contributed by atoms with E-state index in [2.05, 4.69) is 11.9 Å². The zero-order valence-electron chi connectivity index (χ0n) is 10.3. The molecule has 0 unspecified atom stereocenters.